The standard InChI is InChI=1S/C23H21NO5/c1-15(17-9-10-20-21(11-17)29-14-28-20)24-22(25)13-27-23(26)12-18-7-4-6-16-5-2-3-8-19(16)18/h2-11,15H,12-14H2,1H3,(H,24,25)/t15-/m1/s1. The first-order valence-electron chi connectivity index (χ1n) is 9.41. The quantitative estimate of drug-likeness (QED) is 0.651. The average Bonchev–Trinajstić information content (AvgIpc) is 3.20. The molecule has 1 heterocycles. The summed E-state index contributed by atoms with van der Waals surface area (Å²) in [4.78, 5) is 24.4. The molecule has 1 atom stereocenters. The molecule has 6 heteroatoms. The van der Waals surface area contributed by atoms with E-state index in [0.29, 0.717) is 11.5 Å². The lowest BCUT2D eigenvalue weighted by Gasteiger charge is -2.15. The molecule has 1 aliphatic heterocycles. The van der Waals surface area contributed by atoms with E-state index in [-0.39, 0.29) is 31.8 Å². The van der Waals surface area contributed by atoms with Gasteiger partial charge in [-0.05, 0) is 41.0 Å². The molecule has 0 radical (unpaired) electrons. The molecule has 0 fully saturated rings. The summed E-state index contributed by atoms with van der Waals surface area (Å²) in [7, 11) is 0. The monoisotopic (exact) mass is 391 g/mol. The second-order valence-electron chi connectivity index (χ2n) is 6.88. The van der Waals surface area contributed by atoms with E-state index in [9.17, 15) is 9.59 Å². The van der Waals surface area contributed by atoms with Gasteiger partial charge in [0.25, 0.3) is 5.91 Å². The molecule has 0 aliphatic carbocycles. The number of hydrogen-bond donors (Lipinski definition) is 1. The lowest BCUT2D eigenvalue weighted by molar-refractivity contribution is -0.148. The van der Waals surface area contributed by atoms with E-state index in [2.05, 4.69) is 5.32 Å². The summed E-state index contributed by atoms with van der Waals surface area (Å²) < 4.78 is 15.8. The maximum absolute atomic E-state index is 12.2. The molecule has 6 nitrogen and oxygen atoms in total. The van der Waals surface area contributed by atoms with Gasteiger partial charge in [-0.3, -0.25) is 9.59 Å². The zero-order valence-corrected chi connectivity index (χ0v) is 16.0. The summed E-state index contributed by atoms with van der Waals surface area (Å²) in [5.74, 6) is 0.549. The molecule has 0 aromatic heterocycles. The van der Waals surface area contributed by atoms with Gasteiger partial charge >= 0.3 is 5.97 Å². The maximum Gasteiger partial charge on any atom is 0.310 e. The minimum absolute atomic E-state index is 0.117. The number of carbonyl (C=O) groups is 2. The van der Waals surface area contributed by atoms with Crippen molar-refractivity contribution in [2.75, 3.05) is 13.4 Å². The van der Waals surface area contributed by atoms with Crippen molar-refractivity contribution >= 4 is 22.6 Å². The van der Waals surface area contributed by atoms with Gasteiger partial charge in [0, 0.05) is 0 Å². The van der Waals surface area contributed by atoms with E-state index < -0.39 is 5.97 Å². The van der Waals surface area contributed by atoms with Crippen LogP contribution in [0.25, 0.3) is 10.8 Å². The van der Waals surface area contributed by atoms with Crippen LogP contribution in [-0.4, -0.2) is 25.3 Å². The van der Waals surface area contributed by atoms with Crippen LogP contribution in [0.1, 0.15) is 24.1 Å². The number of hydrogen-bond acceptors (Lipinski definition) is 5. The van der Waals surface area contributed by atoms with Gasteiger partial charge in [0.2, 0.25) is 6.79 Å². The van der Waals surface area contributed by atoms with Gasteiger partial charge in [0.05, 0.1) is 12.5 Å². The van der Waals surface area contributed by atoms with E-state index in [1.165, 1.54) is 0 Å². The Kier molecular flexibility index (Phi) is 5.33. The molecule has 0 spiro atoms. The molecule has 3 aromatic rings. The molecule has 3 aromatic carbocycles. The highest BCUT2D eigenvalue weighted by atomic mass is 16.7. The van der Waals surface area contributed by atoms with Gasteiger partial charge in [0.15, 0.2) is 18.1 Å². The number of ether oxygens (including phenoxy) is 3. The van der Waals surface area contributed by atoms with Crippen LogP contribution in [0.4, 0.5) is 0 Å². The third-order valence-corrected chi connectivity index (χ3v) is 4.85. The minimum atomic E-state index is -0.438. The zero-order chi connectivity index (χ0) is 20.2. The van der Waals surface area contributed by atoms with Crippen molar-refractivity contribution in [2.45, 2.75) is 19.4 Å². The highest BCUT2D eigenvalue weighted by Crippen LogP contribution is 2.34. The Hall–Kier alpha value is -3.54. The predicted octanol–water partition coefficient (Wildman–Crippen LogP) is 3.53. The molecule has 1 aliphatic rings. The van der Waals surface area contributed by atoms with Crippen LogP contribution < -0.4 is 14.8 Å². The SMILES string of the molecule is C[C@@H](NC(=O)COC(=O)Cc1cccc2ccccc12)c1ccc2c(c1)OCO2. The fourth-order valence-corrected chi connectivity index (χ4v) is 3.35. The first-order chi connectivity index (χ1) is 14.1. The van der Waals surface area contributed by atoms with Crippen LogP contribution in [0, 0.1) is 0 Å². The van der Waals surface area contributed by atoms with Crippen molar-refractivity contribution < 1.29 is 23.8 Å². The average molecular weight is 391 g/mol. The molecular formula is C23H21NO5. The Morgan fingerprint density at radius 1 is 1.03 bits per heavy atom. The molecule has 0 saturated carbocycles. The predicted molar refractivity (Wildman–Crippen MR) is 108 cm³/mol. The van der Waals surface area contributed by atoms with Crippen molar-refractivity contribution in [3.05, 3.63) is 71.8 Å². The smallest absolute Gasteiger partial charge is 0.310 e. The Morgan fingerprint density at radius 3 is 2.72 bits per heavy atom. The van der Waals surface area contributed by atoms with E-state index in [1.807, 2.05) is 67.6 Å². The lowest BCUT2D eigenvalue weighted by Crippen LogP contribution is -2.31. The van der Waals surface area contributed by atoms with Gasteiger partial charge in [0.1, 0.15) is 0 Å². The third-order valence-electron chi connectivity index (χ3n) is 4.85. The van der Waals surface area contributed by atoms with Gasteiger partial charge in [-0.1, -0.05) is 48.5 Å². The first kappa shape index (κ1) is 18.8. The van der Waals surface area contributed by atoms with Gasteiger partial charge in [-0.15, -0.1) is 0 Å². The van der Waals surface area contributed by atoms with Crippen LogP contribution in [0.3, 0.4) is 0 Å². The van der Waals surface area contributed by atoms with E-state index >= 15 is 0 Å². The number of amides is 1. The summed E-state index contributed by atoms with van der Waals surface area (Å²) in [6, 6.07) is 18.9. The molecule has 4 rings (SSSR count). The van der Waals surface area contributed by atoms with Crippen molar-refractivity contribution in [2.24, 2.45) is 0 Å². The number of esters is 1. The summed E-state index contributed by atoms with van der Waals surface area (Å²) in [6.07, 6.45) is 0.117. The second kappa shape index (κ2) is 8.22. The molecule has 29 heavy (non-hydrogen) atoms. The highest BCUT2D eigenvalue weighted by molar-refractivity contribution is 5.89. The van der Waals surface area contributed by atoms with Crippen LogP contribution in [-0.2, 0) is 20.7 Å². The topological polar surface area (TPSA) is 73.9 Å². The highest BCUT2D eigenvalue weighted by Gasteiger charge is 2.17. The Labute approximate surface area is 168 Å². The second-order valence-corrected chi connectivity index (χ2v) is 6.88. The zero-order valence-electron chi connectivity index (χ0n) is 16.0. The molecular weight excluding hydrogens is 370 g/mol. The Bertz CT molecular complexity index is 1060. The number of nitrogens with one attached hydrogen (secondary N) is 1. The summed E-state index contributed by atoms with van der Waals surface area (Å²) in [5.41, 5.74) is 1.76. The maximum atomic E-state index is 12.2. The molecule has 0 saturated heterocycles. The van der Waals surface area contributed by atoms with Crippen LogP contribution >= 0.6 is 0 Å². The van der Waals surface area contributed by atoms with Gasteiger partial charge in [-0.2, -0.15) is 0 Å². The number of rotatable bonds is 6. The molecule has 1 amide bonds. The largest absolute Gasteiger partial charge is 0.455 e. The van der Waals surface area contributed by atoms with Crippen molar-refractivity contribution in [1.29, 1.82) is 0 Å². The number of benzene rings is 3. The number of carbonyl (C=O) groups excluding carboxylic acids is 2. The van der Waals surface area contributed by atoms with Crippen LogP contribution in [0.2, 0.25) is 0 Å². The van der Waals surface area contributed by atoms with Crippen LogP contribution in [0.15, 0.2) is 60.7 Å². The Morgan fingerprint density at radius 2 is 1.83 bits per heavy atom. The molecule has 148 valence electrons. The normalized spacial score (nSPS) is 13.1. The summed E-state index contributed by atoms with van der Waals surface area (Å²) in [6.45, 7) is 1.73. The summed E-state index contributed by atoms with van der Waals surface area (Å²) in [5, 5.41) is 4.89. The van der Waals surface area contributed by atoms with Crippen molar-refractivity contribution in [3.63, 3.8) is 0 Å². The third kappa shape index (κ3) is 4.32. The van der Waals surface area contributed by atoms with Crippen LogP contribution in [0.5, 0.6) is 11.5 Å². The van der Waals surface area contributed by atoms with E-state index in [1.54, 1.807) is 0 Å². The van der Waals surface area contributed by atoms with E-state index in [0.717, 1.165) is 21.9 Å². The summed E-state index contributed by atoms with van der Waals surface area (Å²) >= 11 is 0. The Balaban J connectivity index is 1.30. The van der Waals surface area contributed by atoms with E-state index in [4.69, 9.17) is 14.2 Å². The lowest BCUT2D eigenvalue weighted by atomic mass is 10.0. The fourth-order valence-electron chi connectivity index (χ4n) is 3.35. The molecule has 0 unspecified atom stereocenters. The minimum Gasteiger partial charge on any atom is -0.455 e. The fraction of sp³-hybridized carbons (Fsp3) is 0.217. The van der Waals surface area contributed by atoms with Gasteiger partial charge < -0.3 is 19.5 Å². The van der Waals surface area contributed by atoms with Crippen molar-refractivity contribution in [1.82, 2.24) is 5.32 Å². The molecule has 0 bridgehead atoms. The van der Waals surface area contributed by atoms with Crippen molar-refractivity contribution in [3.8, 4) is 11.5 Å². The van der Waals surface area contributed by atoms with Gasteiger partial charge in [-0.25, -0.2) is 0 Å². The first-order valence-corrected chi connectivity index (χ1v) is 9.41. The number of fused-ring (bicyclic) bond motifs is 2. The molecule has 1 N–H and O–H groups in total.